The molecule has 0 radical (unpaired) electrons. The summed E-state index contributed by atoms with van der Waals surface area (Å²) >= 11 is 0. The molecule has 1 heterocycles. The van der Waals surface area contributed by atoms with Gasteiger partial charge in [-0.3, -0.25) is 19.9 Å². The van der Waals surface area contributed by atoms with Gasteiger partial charge in [-0.2, -0.15) is 0 Å². The molecule has 6 heteroatoms. The predicted molar refractivity (Wildman–Crippen MR) is 76.5 cm³/mol. The summed E-state index contributed by atoms with van der Waals surface area (Å²) < 4.78 is 5.57. The molecule has 0 saturated carbocycles. The van der Waals surface area contributed by atoms with Crippen molar-refractivity contribution in [1.29, 1.82) is 0 Å². The van der Waals surface area contributed by atoms with Crippen LogP contribution in [0.4, 0.5) is 5.69 Å². The van der Waals surface area contributed by atoms with Gasteiger partial charge >= 0.3 is 0 Å². The Labute approximate surface area is 121 Å². The number of nitrogens with zero attached hydrogens (tertiary/aromatic N) is 2. The smallest absolute Gasteiger partial charge is 0.270 e. The van der Waals surface area contributed by atoms with Crippen LogP contribution in [0.15, 0.2) is 42.7 Å². The van der Waals surface area contributed by atoms with Gasteiger partial charge in [0.25, 0.3) is 5.69 Å². The van der Waals surface area contributed by atoms with E-state index >= 15 is 0 Å². The van der Waals surface area contributed by atoms with E-state index in [1.165, 1.54) is 25.1 Å². The summed E-state index contributed by atoms with van der Waals surface area (Å²) in [6.45, 7) is 1.72. The summed E-state index contributed by atoms with van der Waals surface area (Å²) in [4.78, 5) is 25.8. The van der Waals surface area contributed by atoms with Crippen LogP contribution in [-0.4, -0.2) is 22.3 Å². The van der Waals surface area contributed by atoms with Crippen LogP contribution in [0.25, 0.3) is 0 Å². The molecule has 6 nitrogen and oxygen atoms in total. The van der Waals surface area contributed by atoms with Crippen LogP contribution >= 0.6 is 0 Å². The van der Waals surface area contributed by atoms with Crippen LogP contribution in [0.2, 0.25) is 0 Å². The number of benzene rings is 1. The molecule has 0 aliphatic rings. The van der Waals surface area contributed by atoms with E-state index < -0.39 is 4.92 Å². The van der Waals surface area contributed by atoms with Gasteiger partial charge in [-0.1, -0.05) is 6.07 Å². The maximum atomic E-state index is 11.6. The third kappa shape index (κ3) is 3.85. The number of hydrogen-bond donors (Lipinski definition) is 0. The van der Waals surface area contributed by atoms with Gasteiger partial charge in [-0.25, -0.2) is 0 Å². The molecule has 1 aromatic carbocycles. The zero-order valence-corrected chi connectivity index (χ0v) is 11.5. The van der Waals surface area contributed by atoms with E-state index in [1.807, 2.05) is 12.1 Å². The summed E-state index contributed by atoms with van der Waals surface area (Å²) in [5, 5.41) is 10.7. The summed E-state index contributed by atoms with van der Waals surface area (Å²) in [5.41, 5.74) is 1.11. The minimum Gasteiger partial charge on any atom is -0.492 e. The number of carbonyl (C=O) groups excluding carboxylic acids is 1. The number of ether oxygens (including phenoxy) is 1. The molecule has 0 spiro atoms. The number of nitro groups is 1. The molecule has 0 atom stereocenters. The molecule has 2 rings (SSSR count). The molecule has 0 N–H and O–H groups in total. The van der Waals surface area contributed by atoms with Gasteiger partial charge in [0.15, 0.2) is 5.78 Å². The quantitative estimate of drug-likeness (QED) is 0.463. The average Bonchev–Trinajstić information content (AvgIpc) is 2.48. The zero-order valence-electron chi connectivity index (χ0n) is 11.5. The molecule has 0 amide bonds. The Balaban J connectivity index is 2.09. The Morgan fingerprint density at radius 1 is 1.38 bits per heavy atom. The molecule has 0 fully saturated rings. The Kier molecular flexibility index (Phi) is 4.61. The first-order valence-corrected chi connectivity index (χ1v) is 6.39. The molecule has 0 bridgehead atoms. The Bertz CT molecular complexity index is 656. The standard InChI is InChI=1S/C15H14N2O4/c1-11(18)14-9-13(17(19)20)4-5-15(14)21-8-6-12-3-2-7-16-10-12/h2-5,7,9-10H,6,8H2,1H3. The van der Waals surface area contributed by atoms with Crippen LogP contribution in [-0.2, 0) is 6.42 Å². The monoisotopic (exact) mass is 286 g/mol. The Morgan fingerprint density at radius 2 is 2.19 bits per heavy atom. The third-order valence-electron chi connectivity index (χ3n) is 2.92. The SMILES string of the molecule is CC(=O)c1cc([N+](=O)[O-])ccc1OCCc1cccnc1. The van der Waals surface area contributed by atoms with E-state index in [2.05, 4.69) is 4.98 Å². The Morgan fingerprint density at radius 3 is 2.81 bits per heavy atom. The van der Waals surface area contributed by atoms with Crippen molar-refractivity contribution < 1.29 is 14.5 Å². The molecule has 0 saturated heterocycles. The van der Waals surface area contributed by atoms with Gasteiger partial charge in [0.05, 0.1) is 17.1 Å². The predicted octanol–water partition coefficient (Wildman–Crippen LogP) is 2.81. The van der Waals surface area contributed by atoms with Crippen molar-refractivity contribution >= 4 is 11.5 Å². The first kappa shape index (κ1) is 14.6. The lowest BCUT2D eigenvalue weighted by Gasteiger charge is -2.09. The van der Waals surface area contributed by atoms with E-state index in [0.717, 1.165) is 5.56 Å². The third-order valence-corrected chi connectivity index (χ3v) is 2.92. The lowest BCUT2D eigenvalue weighted by atomic mass is 10.1. The van der Waals surface area contributed by atoms with Crippen molar-refractivity contribution in [3.63, 3.8) is 0 Å². The lowest BCUT2D eigenvalue weighted by molar-refractivity contribution is -0.384. The van der Waals surface area contributed by atoms with E-state index in [1.54, 1.807) is 12.4 Å². The van der Waals surface area contributed by atoms with E-state index in [-0.39, 0.29) is 17.0 Å². The number of Topliss-reactive ketones (excluding diaryl/α,β-unsaturated/α-hetero) is 1. The average molecular weight is 286 g/mol. The van der Waals surface area contributed by atoms with Crippen LogP contribution < -0.4 is 4.74 Å². The van der Waals surface area contributed by atoms with Gasteiger partial charge in [0.1, 0.15) is 5.75 Å². The number of hydrogen-bond acceptors (Lipinski definition) is 5. The molecule has 1 aromatic heterocycles. The number of nitro benzene ring substituents is 1. The summed E-state index contributed by atoms with van der Waals surface area (Å²) in [6.07, 6.45) is 4.07. The highest BCUT2D eigenvalue weighted by Crippen LogP contribution is 2.24. The summed E-state index contributed by atoms with van der Waals surface area (Å²) in [5.74, 6) is 0.0899. The Hall–Kier alpha value is -2.76. The lowest BCUT2D eigenvalue weighted by Crippen LogP contribution is -2.06. The highest BCUT2D eigenvalue weighted by atomic mass is 16.6. The molecule has 108 valence electrons. The first-order valence-electron chi connectivity index (χ1n) is 6.39. The van der Waals surface area contributed by atoms with Crippen LogP contribution in [0.1, 0.15) is 22.8 Å². The number of rotatable bonds is 6. The fraction of sp³-hybridized carbons (Fsp3) is 0.200. The van der Waals surface area contributed by atoms with Crippen molar-refractivity contribution in [1.82, 2.24) is 4.98 Å². The molecular formula is C15H14N2O4. The molecule has 2 aromatic rings. The molecular weight excluding hydrogens is 272 g/mol. The van der Waals surface area contributed by atoms with Gasteiger partial charge in [0.2, 0.25) is 0 Å². The van der Waals surface area contributed by atoms with Crippen LogP contribution in [0.5, 0.6) is 5.75 Å². The highest BCUT2D eigenvalue weighted by molar-refractivity contribution is 5.97. The topological polar surface area (TPSA) is 82.3 Å². The summed E-state index contributed by atoms with van der Waals surface area (Å²) in [7, 11) is 0. The highest BCUT2D eigenvalue weighted by Gasteiger charge is 2.14. The molecule has 0 aliphatic heterocycles. The second-order valence-electron chi connectivity index (χ2n) is 4.45. The fourth-order valence-corrected chi connectivity index (χ4v) is 1.86. The first-order chi connectivity index (χ1) is 10.1. The summed E-state index contributed by atoms with van der Waals surface area (Å²) in [6, 6.07) is 7.78. The maximum absolute atomic E-state index is 11.6. The van der Waals surface area contributed by atoms with Crippen LogP contribution in [0.3, 0.4) is 0 Å². The van der Waals surface area contributed by atoms with E-state index in [9.17, 15) is 14.9 Å². The number of carbonyl (C=O) groups is 1. The van der Waals surface area contributed by atoms with Crippen molar-refractivity contribution in [2.75, 3.05) is 6.61 Å². The van der Waals surface area contributed by atoms with Gasteiger partial charge in [-0.05, 0) is 24.6 Å². The number of aromatic nitrogens is 1. The van der Waals surface area contributed by atoms with Gasteiger partial charge < -0.3 is 4.74 Å². The van der Waals surface area contributed by atoms with Crippen LogP contribution in [0, 0.1) is 10.1 Å². The molecule has 21 heavy (non-hydrogen) atoms. The number of ketones is 1. The van der Waals surface area contributed by atoms with Crippen molar-refractivity contribution in [3.05, 3.63) is 64.0 Å². The number of pyridine rings is 1. The van der Waals surface area contributed by atoms with Crippen molar-refractivity contribution in [3.8, 4) is 5.75 Å². The minimum atomic E-state index is -0.536. The zero-order chi connectivity index (χ0) is 15.2. The van der Waals surface area contributed by atoms with Gasteiger partial charge in [0, 0.05) is 30.9 Å². The largest absolute Gasteiger partial charge is 0.492 e. The fourth-order valence-electron chi connectivity index (χ4n) is 1.86. The second-order valence-corrected chi connectivity index (χ2v) is 4.45. The number of non-ortho nitro benzene ring substituents is 1. The molecule has 0 unspecified atom stereocenters. The second kappa shape index (κ2) is 6.60. The minimum absolute atomic E-state index is 0.125. The van der Waals surface area contributed by atoms with E-state index in [0.29, 0.717) is 18.8 Å². The molecule has 0 aliphatic carbocycles. The van der Waals surface area contributed by atoms with Crippen molar-refractivity contribution in [2.45, 2.75) is 13.3 Å². The van der Waals surface area contributed by atoms with Gasteiger partial charge in [-0.15, -0.1) is 0 Å². The normalized spacial score (nSPS) is 10.1. The van der Waals surface area contributed by atoms with Crippen molar-refractivity contribution in [2.24, 2.45) is 0 Å². The maximum Gasteiger partial charge on any atom is 0.270 e. The van der Waals surface area contributed by atoms with E-state index in [4.69, 9.17) is 4.74 Å².